The highest BCUT2D eigenvalue weighted by molar-refractivity contribution is 5.95. The van der Waals surface area contributed by atoms with Crippen LogP contribution in [0.4, 0.5) is 0 Å². The molecule has 2 N–H and O–H groups in total. The standard InChI is InChI=1S/C22H24N4O/c1-2-21-18(13-24-26(21)17-11-7-4-8-12-17)22(27)25-14-19(20(23)15-25)16-9-5-3-6-10-16/h3-13,19-20H,2,14-15,23H2,1H3/t19-,20+/m0/s1. The summed E-state index contributed by atoms with van der Waals surface area (Å²) in [7, 11) is 0. The van der Waals surface area contributed by atoms with Gasteiger partial charge in [-0.15, -0.1) is 0 Å². The number of aromatic nitrogens is 2. The average Bonchev–Trinajstić information content (AvgIpc) is 3.32. The number of nitrogens with two attached hydrogens (primary N) is 1. The minimum atomic E-state index is -0.0504. The van der Waals surface area contributed by atoms with Crippen molar-refractivity contribution in [1.29, 1.82) is 0 Å². The van der Waals surface area contributed by atoms with E-state index in [1.54, 1.807) is 6.20 Å². The molecule has 2 atom stereocenters. The van der Waals surface area contributed by atoms with Gasteiger partial charge in [0.15, 0.2) is 0 Å². The third kappa shape index (κ3) is 3.26. The summed E-state index contributed by atoms with van der Waals surface area (Å²) in [5, 5.41) is 4.48. The van der Waals surface area contributed by atoms with Gasteiger partial charge in [-0.05, 0) is 24.1 Å². The van der Waals surface area contributed by atoms with Crippen molar-refractivity contribution in [3.05, 3.63) is 83.7 Å². The normalized spacial score (nSPS) is 19.4. The zero-order chi connectivity index (χ0) is 18.8. The summed E-state index contributed by atoms with van der Waals surface area (Å²) in [6, 6.07) is 20.1. The van der Waals surface area contributed by atoms with Crippen LogP contribution in [0, 0.1) is 0 Å². The second kappa shape index (κ2) is 7.37. The Kier molecular flexibility index (Phi) is 4.77. The predicted octanol–water partition coefficient (Wildman–Crippen LogP) is 3.00. The summed E-state index contributed by atoms with van der Waals surface area (Å²) in [6.07, 6.45) is 2.42. The summed E-state index contributed by atoms with van der Waals surface area (Å²) in [5.74, 6) is 0.187. The molecular weight excluding hydrogens is 336 g/mol. The SMILES string of the molecule is CCc1c(C(=O)N2C[C@@H](N)[C@H](c3ccccc3)C2)cnn1-c1ccccc1. The van der Waals surface area contributed by atoms with Crippen molar-refractivity contribution in [1.82, 2.24) is 14.7 Å². The van der Waals surface area contributed by atoms with Gasteiger partial charge in [-0.25, -0.2) is 4.68 Å². The van der Waals surface area contributed by atoms with Crippen LogP contribution in [-0.2, 0) is 6.42 Å². The first-order valence-electron chi connectivity index (χ1n) is 9.41. The van der Waals surface area contributed by atoms with Crippen molar-refractivity contribution >= 4 is 5.91 Å². The fourth-order valence-electron chi connectivity index (χ4n) is 3.90. The largest absolute Gasteiger partial charge is 0.336 e. The zero-order valence-corrected chi connectivity index (χ0v) is 15.5. The topological polar surface area (TPSA) is 64.2 Å². The molecule has 3 aromatic rings. The monoisotopic (exact) mass is 360 g/mol. The van der Waals surface area contributed by atoms with E-state index in [1.807, 2.05) is 58.1 Å². The van der Waals surface area contributed by atoms with E-state index in [2.05, 4.69) is 24.2 Å². The van der Waals surface area contributed by atoms with Gasteiger partial charge in [0.2, 0.25) is 0 Å². The summed E-state index contributed by atoms with van der Waals surface area (Å²) >= 11 is 0. The number of likely N-dealkylation sites (tertiary alicyclic amines) is 1. The number of hydrogen-bond acceptors (Lipinski definition) is 3. The highest BCUT2D eigenvalue weighted by Gasteiger charge is 2.35. The molecule has 1 saturated heterocycles. The number of carbonyl (C=O) groups excluding carboxylic acids is 1. The lowest BCUT2D eigenvalue weighted by molar-refractivity contribution is 0.0788. The van der Waals surface area contributed by atoms with Crippen LogP contribution >= 0.6 is 0 Å². The molecule has 2 aromatic carbocycles. The van der Waals surface area contributed by atoms with Crippen molar-refractivity contribution in [2.75, 3.05) is 13.1 Å². The Morgan fingerprint density at radius 1 is 1.07 bits per heavy atom. The lowest BCUT2D eigenvalue weighted by Crippen LogP contribution is -2.32. The molecule has 1 fully saturated rings. The van der Waals surface area contributed by atoms with Crippen LogP contribution in [0.15, 0.2) is 66.9 Å². The first-order chi connectivity index (χ1) is 13.2. The molecule has 5 nitrogen and oxygen atoms in total. The molecule has 4 rings (SSSR count). The fraction of sp³-hybridized carbons (Fsp3) is 0.273. The van der Waals surface area contributed by atoms with Gasteiger partial charge in [0.05, 0.1) is 23.1 Å². The lowest BCUT2D eigenvalue weighted by atomic mass is 9.95. The molecule has 138 valence electrons. The summed E-state index contributed by atoms with van der Waals surface area (Å²) in [4.78, 5) is 15.1. The molecule has 0 saturated carbocycles. The summed E-state index contributed by atoms with van der Waals surface area (Å²) in [5.41, 5.74) is 10.1. The maximum atomic E-state index is 13.2. The smallest absolute Gasteiger partial charge is 0.257 e. The maximum Gasteiger partial charge on any atom is 0.257 e. The zero-order valence-electron chi connectivity index (χ0n) is 15.5. The van der Waals surface area contributed by atoms with E-state index in [-0.39, 0.29) is 17.9 Å². The number of para-hydroxylation sites is 1. The maximum absolute atomic E-state index is 13.2. The molecule has 0 spiro atoms. The Hall–Kier alpha value is -2.92. The second-order valence-corrected chi connectivity index (χ2v) is 7.00. The quantitative estimate of drug-likeness (QED) is 0.778. The number of nitrogens with zero attached hydrogens (tertiary/aromatic N) is 3. The fourth-order valence-corrected chi connectivity index (χ4v) is 3.90. The molecule has 5 heteroatoms. The minimum absolute atomic E-state index is 0.0166. The Morgan fingerprint density at radius 3 is 2.41 bits per heavy atom. The molecule has 0 aliphatic carbocycles. The molecule has 1 aliphatic heterocycles. The summed E-state index contributed by atoms with van der Waals surface area (Å²) in [6.45, 7) is 3.26. The van der Waals surface area contributed by atoms with Gasteiger partial charge in [0, 0.05) is 25.0 Å². The molecule has 0 unspecified atom stereocenters. The van der Waals surface area contributed by atoms with Crippen molar-refractivity contribution in [2.45, 2.75) is 25.3 Å². The molecule has 1 aromatic heterocycles. The van der Waals surface area contributed by atoms with Gasteiger partial charge in [-0.3, -0.25) is 4.79 Å². The van der Waals surface area contributed by atoms with Gasteiger partial charge in [0.1, 0.15) is 0 Å². The van der Waals surface area contributed by atoms with Crippen molar-refractivity contribution in [2.24, 2.45) is 5.73 Å². The molecule has 1 amide bonds. The highest BCUT2D eigenvalue weighted by atomic mass is 16.2. The van der Waals surface area contributed by atoms with Crippen LogP contribution in [0.3, 0.4) is 0 Å². The lowest BCUT2D eigenvalue weighted by Gasteiger charge is -2.17. The third-order valence-electron chi connectivity index (χ3n) is 5.31. The van der Waals surface area contributed by atoms with Gasteiger partial charge < -0.3 is 10.6 Å². The highest BCUT2D eigenvalue weighted by Crippen LogP contribution is 2.28. The average molecular weight is 360 g/mol. The first kappa shape index (κ1) is 17.5. The number of rotatable bonds is 4. The van der Waals surface area contributed by atoms with Gasteiger partial charge in [-0.2, -0.15) is 5.10 Å². The number of benzene rings is 2. The third-order valence-corrected chi connectivity index (χ3v) is 5.31. The van der Waals surface area contributed by atoms with Gasteiger partial charge >= 0.3 is 0 Å². The van der Waals surface area contributed by atoms with Crippen molar-refractivity contribution in [3.63, 3.8) is 0 Å². The molecule has 0 radical (unpaired) electrons. The molecule has 27 heavy (non-hydrogen) atoms. The van der Waals surface area contributed by atoms with Crippen LogP contribution in [0.2, 0.25) is 0 Å². The minimum Gasteiger partial charge on any atom is -0.336 e. The van der Waals surface area contributed by atoms with Crippen LogP contribution in [-0.4, -0.2) is 39.7 Å². The molecule has 1 aliphatic rings. The van der Waals surface area contributed by atoms with E-state index in [4.69, 9.17) is 5.73 Å². The second-order valence-electron chi connectivity index (χ2n) is 7.00. The van der Waals surface area contributed by atoms with E-state index < -0.39 is 0 Å². The van der Waals surface area contributed by atoms with Gasteiger partial charge in [0.25, 0.3) is 5.91 Å². The number of carbonyl (C=O) groups is 1. The molecular formula is C22H24N4O. The predicted molar refractivity (Wildman–Crippen MR) is 106 cm³/mol. The van der Waals surface area contributed by atoms with Crippen LogP contribution in [0.1, 0.15) is 34.5 Å². The number of amides is 1. The van der Waals surface area contributed by atoms with Gasteiger partial charge in [-0.1, -0.05) is 55.5 Å². The summed E-state index contributed by atoms with van der Waals surface area (Å²) < 4.78 is 1.86. The van der Waals surface area contributed by atoms with Crippen molar-refractivity contribution in [3.8, 4) is 5.69 Å². The Balaban J connectivity index is 1.60. The molecule has 0 bridgehead atoms. The van der Waals surface area contributed by atoms with Crippen LogP contribution in [0.5, 0.6) is 0 Å². The van der Waals surface area contributed by atoms with Crippen molar-refractivity contribution < 1.29 is 4.79 Å². The molecule has 2 heterocycles. The van der Waals surface area contributed by atoms with Crippen LogP contribution < -0.4 is 5.73 Å². The number of hydrogen-bond donors (Lipinski definition) is 1. The van der Waals surface area contributed by atoms with E-state index >= 15 is 0 Å². The van der Waals surface area contributed by atoms with E-state index in [0.717, 1.165) is 17.8 Å². The first-order valence-corrected chi connectivity index (χ1v) is 9.41. The Bertz CT molecular complexity index is 920. The Morgan fingerprint density at radius 2 is 1.74 bits per heavy atom. The van der Waals surface area contributed by atoms with E-state index in [1.165, 1.54) is 5.56 Å². The Labute approximate surface area is 159 Å². The van der Waals surface area contributed by atoms with Crippen LogP contribution in [0.25, 0.3) is 5.69 Å². The van der Waals surface area contributed by atoms with E-state index in [0.29, 0.717) is 18.7 Å². The van der Waals surface area contributed by atoms with E-state index in [9.17, 15) is 4.79 Å².